The third kappa shape index (κ3) is 5.99. The average Bonchev–Trinajstić information content (AvgIpc) is 3.28. The number of carbonyl (C=O) groups excluding carboxylic acids is 1. The second-order valence-electron chi connectivity index (χ2n) is 7.72. The van der Waals surface area contributed by atoms with Crippen molar-refractivity contribution in [3.63, 3.8) is 0 Å². The van der Waals surface area contributed by atoms with E-state index in [9.17, 15) is 4.79 Å². The Kier molecular flexibility index (Phi) is 7.10. The van der Waals surface area contributed by atoms with Crippen molar-refractivity contribution in [1.29, 1.82) is 0 Å². The van der Waals surface area contributed by atoms with Gasteiger partial charge in [-0.2, -0.15) is 0 Å². The lowest BCUT2D eigenvalue weighted by Crippen LogP contribution is -2.34. The maximum Gasteiger partial charge on any atom is 0.257 e. The Morgan fingerprint density at radius 2 is 1.61 bits per heavy atom. The quantitative estimate of drug-likeness (QED) is 0.503. The van der Waals surface area contributed by atoms with Crippen LogP contribution in [-0.2, 0) is 4.79 Å². The molecule has 0 unspecified atom stereocenters. The van der Waals surface area contributed by atoms with E-state index in [0.29, 0.717) is 40.0 Å². The summed E-state index contributed by atoms with van der Waals surface area (Å²) in [5, 5.41) is 12.7. The predicted octanol–water partition coefficient (Wildman–Crippen LogP) is 5.51. The summed E-state index contributed by atoms with van der Waals surface area (Å²) < 4.78 is 11.4. The van der Waals surface area contributed by atoms with Crippen LogP contribution in [0.3, 0.4) is 0 Å². The van der Waals surface area contributed by atoms with Crippen LogP contribution in [-0.4, -0.2) is 29.3 Å². The Labute approximate surface area is 190 Å². The molecule has 8 heteroatoms. The Balaban J connectivity index is 1.20. The number of carbonyl (C=O) groups is 1. The molecule has 1 amide bonds. The zero-order valence-electron chi connectivity index (χ0n) is 16.9. The van der Waals surface area contributed by atoms with Crippen LogP contribution in [0, 0.1) is 5.92 Å². The van der Waals surface area contributed by atoms with E-state index in [1.54, 1.807) is 36.4 Å². The van der Waals surface area contributed by atoms with Crippen molar-refractivity contribution in [2.45, 2.75) is 31.6 Å². The van der Waals surface area contributed by atoms with Crippen molar-refractivity contribution in [2.24, 2.45) is 5.92 Å². The molecule has 6 nitrogen and oxygen atoms in total. The minimum absolute atomic E-state index is 0.00750. The smallest absolute Gasteiger partial charge is 0.257 e. The molecule has 1 aliphatic rings. The lowest BCUT2D eigenvalue weighted by molar-refractivity contribution is -0.123. The number of halogens is 2. The second kappa shape index (κ2) is 10.2. The topological polar surface area (TPSA) is 77.2 Å². The Bertz CT molecular complexity index is 998. The molecule has 1 N–H and O–H groups in total. The molecule has 0 saturated heterocycles. The van der Waals surface area contributed by atoms with E-state index in [0.717, 1.165) is 31.2 Å². The largest absolute Gasteiger partial charge is 0.484 e. The zero-order valence-corrected chi connectivity index (χ0v) is 18.4. The molecule has 1 heterocycles. The van der Waals surface area contributed by atoms with Crippen LogP contribution in [0.15, 0.2) is 52.9 Å². The fourth-order valence-electron chi connectivity index (χ4n) is 3.71. The molecule has 4 rings (SSSR count). The van der Waals surface area contributed by atoms with Gasteiger partial charge in [-0.25, -0.2) is 0 Å². The van der Waals surface area contributed by atoms with Gasteiger partial charge in [-0.1, -0.05) is 23.2 Å². The molecular weight excluding hydrogens is 437 g/mol. The molecule has 3 aromatic rings. The van der Waals surface area contributed by atoms with Crippen LogP contribution in [0.2, 0.25) is 10.0 Å². The number of ether oxygens (including phenoxy) is 1. The van der Waals surface area contributed by atoms with Crippen LogP contribution in [0.1, 0.15) is 37.5 Å². The van der Waals surface area contributed by atoms with Gasteiger partial charge in [0.25, 0.3) is 5.91 Å². The van der Waals surface area contributed by atoms with Gasteiger partial charge in [-0.15, -0.1) is 10.2 Å². The molecule has 162 valence electrons. The summed E-state index contributed by atoms with van der Waals surface area (Å²) >= 11 is 11.8. The monoisotopic (exact) mass is 459 g/mol. The first-order valence-corrected chi connectivity index (χ1v) is 11.1. The van der Waals surface area contributed by atoms with Crippen LogP contribution in [0.25, 0.3) is 11.5 Å². The summed E-state index contributed by atoms with van der Waals surface area (Å²) in [4.78, 5) is 12.1. The van der Waals surface area contributed by atoms with Crippen molar-refractivity contribution < 1.29 is 13.9 Å². The zero-order chi connectivity index (χ0) is 21.6. The highest BCUT2D eigenvalue weighted by Crippen LogP contribution is 2.36. The molecule has 31 heavy (non-hydrogen) atoms. The maximum absolute atomic E-state index is 12.1. The number of nitrogens with one attached hydrogen (secondary N) is 1. The van der Waals surface area contributed by atoms with Gasteiger partial charge in [0.1, 0.15) is 5.75 Å². The van der Waals surface area contributed by atoms with E-state index in [1.807, 2.05) is 12.1 Å². The number of benzene rings is 2. The third-order valence-corrected chi connectivity index (χ3v) is 6.00. The van der Waals surface area contributed by atoms with Gasteiger partial charge in [-0.3, -0.25) is 4.79 Å². The normalized spacial score (nSPS) is 18.5. The van der Waals surface area contributed by atoms with Gasteiger partial charge < -0.3 is 14.5 Å². The first-order valence-electron chi connectivity index (χ1n) is 10.3. The van der Waals surface area contributed by atoms with Crippen LogP contribution in [0.5, 0.6) is 5.75 Å². The lowest BCUT2D eigenvalue weighted by Gasteiger charge is -2.26. The molecular formula is C23H23Cl2N3O3. The maximum atomic E-state index is 12.1. The molecule has 0 atom stereocenters. The number of rotatable bonds is 7. The van der Waals surface area contributed by atoms with Crippen molar-refractivity contribution in [3.05, 3.63) is 64.5 Å². The summed E-state index contributed by atoms with van der Waals surface area (Å²) in [6.07, 6.45) is 3.93. The highest BCUT2D eigenvalue weighted by atomic mass is 35.5. The van der Waals surface area contributed by atoms with Gasteiger partial charge >= 0.3 is 0 Å². The first kappa shape index (κ1) is 21.7. The minimum atomic E-state index is -0.124. The standard InChI is InChI=1S/C23H23Cl2N3O3/c24-18-7-5-17(6-8-18)23-28-27-22(31-23)16-3-1-15(2-4-16)13-26-21(29)14-30-20-11-9-19(25)10-12-20/h5-12,15-16H,1-4,13-14H2,(H,26,29)/t15-,16-. The average molecular weight is 460 g/mol. The van der Waals surface area contributed by atoms with E-state index in [2.05, 4.69) is 15.5 Å². The van der Waals surface area contributed by atoms with Gasteiger partial charge in [-0.05, 0) is 80.1 Å². The Morgan fingerprint density at radius 3 is 2.29 bits per heavy atom. The summed E-state index contributed by atoms with van der Waals surface area (Å²) in [7, 11) is 0. The van der Waals surface area contributed by atoms with E-state index >= 15 is 0 Å². The fraction of sp³-hybridized carbons (Fsp3) is 0.348. The van der Waals surface area contributed by atoms with Crippen molar-refractivity contribution in [2.75, 3.05) is 13.2 Å². The molecule has 0 aliphatic heterocycles. The van der Waals surface area contributed by atoms with Crippen LogP contribution < -0.4 is 10.1 Å². The number of amides is 1. The predicted molar refractivity (Wildman–Crippen MR) is 119 cm³/mol. The van der Waals surface area contributed by atoms with Gasteiger partial charge in [0, 0.05) is 28.1 Å². The molecule has 0 radical (unpaired) electrons. The van der Waals surface area contributed by atoms with E-state index in [1.165, 1.54) is 0 Å². The SMILES string of the molecule is O=C(COc1ccc(Cl)cc1)NC[C@H]1CC[C@H](c2nnc(-c3ccc(Cl)cc3)o2)CC1. The van der Waals surface area contributed by atoms with Crippen LogP contribution in [0.4, 0.5) is 0 Å². The Morgan fingerprint density at radius 1 is 0.968 bits per heavy atom. The molecule has 1 fully saturated rings. The lowest BCUT2D eigenvalue weighted by atomic mass is 9.82. The van der Waals surface area contributed by atoms with Gasteiger partial charge in [0.05, 0.1) is 0 Å². The van der Waals surface area contributed by atoms with Crippen molar-refractivity contribution in [1.82, 2.24) is 15.5 Å². The number of hydrogen-bond donors (Lipinski definition) is 1. The summed E-state index contributed by atoms with van der Waals surface area (Å²) in [5.74, 6) is 2.40. The molecule has 1 saturated carbocycles. The Hall–Kier alpha value is -2.57. The van der Waals surface area contributed by atoms with Crippen molar-refractivity contribution >= 4 is 29.1 Å². The van der Waals surface area contributed by atoms with E-state index in [4.69, 9.17) is 32.4 Å². The van der Waals surface area contributed by atoms with E-state index in [-0.39, 0.29) is 18.4 Å². The molecule has 1 aromatic heterocycles. The number of aromatic nitrogens is 2. The third-order valence-electron chi connectivity index (χ3n) is 5.50. The molecule has 2 aromatic carbocycles. The summed E-state index contributed by atoms with van der Waals surface area (Å²) in [5.41, 5.74) is 0.861. The summed E-state index contributed by atoms with van der Waals surface area (Å²) in [6.45, 7) is 0.641. The number of hydrogen-bond acceptors (Lipinski definition) is 5. The van der Waals surface area contributed by atoms with Gasteiger partial charge in [0.2, 0.25) is 11.8 Å². The first-order chi connectivity index (χ1) is 15.1. The number of nitrogens with zero attached hydrogens (tertiary/aromatic N) is 2. The second-order valence-corrected chi connectivity index (χ2v) is 8.59. The van der Waals surface area contributed by atoms with E-state index < -0.39 is 0 Å². The molecule has 0 bridgehead atoms. The summed E-state index contributed by atoms with van der Waals surface area (Å²) in [6, 6.07) is 14.3. The van der Waals surface area contributed by atoms with Crippen LogP contribution >= 0.6 is 23.2 Å². The highest BCUT2D eigenvalue weighted by Gasteiger charge is 2.26. The molecule has 1 aliphatic carbocycles. The van der Waals surface area contributed by atoms with Crippen molar-refractivity contribution in [3.8, 4) is 17.2 Å². The van der Waals surface area contributed by atoms with Gasteiger partial charge in [0.15, 0.2) is 6.61 Å². The minimum Gasteiger partial charge on any atom is -0.484 e. The fourth-order valence-corrected chi connectivity index (χ4v) is 3.96. The highest BCUT2D eigenvalue weighted by molar-refractivity contribution is 6.30. The molecule has 0 spiro atoms.